The number of carbonyl (C=O) groups is 1. The summed E-state index contributed by atoms with van der Waals surface area (Å²) in [4.78, 5) is 15.5. The molecule has 0 spiro atoms. The second kappa shape index (κ2) is 10.8. The fourth-order valence-electron chi connectivity index (χ4n) is 5.09. The summed E-state index contributed by atoms with van der Waals surface area (Å²) in [5, 5.41) is 4.35. The molecule has 0 saturated carbocycles. The number of benzene rings is 3. The minimum atomic E-state index is -0.0767. The van der Waals surface area contributed by atoms with Crippen molar-refractivity contribution in [3.05, 3.63) is 96.2 Å². The van der Waals surface area contributed by atoms with Crippen LogP contribution in [-0.2, 0) is 11.8 Å². The van der Waals surface area contributed by atoms with E-state index >= 15 is 0 Å². The third-order valence-electron chi connectivity index (χ3n) is 6.88. The molecular weight excluding hydrogens is 434 g/mol. The van der Waals surface area contributed by atoms with Gasteiger partial charge in [0.2, 0.25) is 5.91 Å². The third-order valence-corrected chi connectivity index (χ3v) is 6.88. The van der Waals surface area contributed by atoms with Crippen LogP contribution in [0.5, 0.6) is 11.5 Å². The van der Waals surface area contributed by atoms with Gasteiger partial charge in [0.25, 0.3) is 0 Å². The van der Waals surface area contributed by atoms with E-state index in [4.69, 9.17) is 4.74 Å². The number of fused-ring (bicyclic) bond motifs is 1. The minimum absolute atomic E-state index is 0.0767. The van der Waals surface area contributed by atoms with E-state index in [1.54, 1.807) is 0 Å². The molecule has 35 heavy (non-hydrogen) atoms. The topological polar surface area (TPSA) is 46.5 Å². The van der Waals surface area contributed by atoms with Gasteiger partial charge in [0, 0.05) is 49.6 Å². The Kier molecular flexibility index (Phi) is 7.15. The summed E-state index contributed by atoms with van der Waals surface area (Å²) >= 11 is 0. The first kappa shape index (κ1) is 23.2. The Morgan fingerprint density at radius 1 is 0.943 bits per heavy atom. The van der Waals surface area contributed by atoms with Gasteiger partial charge in [0.1, 0.15) is 11.5 Å². The van der Waals surface area contributed by atoms with E-state index in [0.717, 1.165) is 42.3 Å². The van der Waals surface area contributed by atoms with Crippen molar-refractivity contribution in [1.82, 2.24) is 14.8 Å². The van der Waals surface area contributed by atoms with E-state index in [-0.39, 0.29) is 11.8 Å². The second-order valence-corrected chi connectivity index (χ2v) is 9.36. The number of para-hydroxylation sites is 2. The normalized spacial score (nSPS) is 14.8. The van der Waals surface area contributed by atoms with Crippen molar-refractivity contribution in [3.8, 4) is 11.5 Å². The van der Waals surface area contributed by atoms with Crippen LogP contribution in [0.1, 0.15) is 36.3 Å². The van der Waals surface area contributed by atoms with Gasteiger partial charge < -0.3 is 19.5 Å². The highest BCUT2D eigenvalue weighted by Crippen LogP contribution is 2.36. The number of rotatable bonds is 9. The van der Waals surface area contributed by atoms with Gasteiger partial charge in [-0.25, -0.2) is 0 Å². The van der Waals surface area contributed by atoms with Crippen LogP contribution in [0.3, 0.4) is 0 Å². The molecule has 1 aliphatic rings. The van der Waals surface area contributed by atoms with Gasteiger partial charge in [0.15, 0.2) is 0 Å². The highest BCUT2D eigenvalue weighted by Gasteiger charge is 2.23. The molecule has 1 N–H and O–H groups in total. The molecule has 5 heteroatoms. The van der Waals surface area contributed by atoms with E-state index in [9.17, 15) is 4.79 Å². The molecule has 0 unspecified atom stereocenters. The van der Waals surface area contributed by atoms with E-state index in [1.807, 2.05) is 42.5 Å². The molecule has 180 valence electrons. The molecule has 1 aromatic heterocycles. The average Bonchev–Trinajstić information content (AvgIpc) is 3.52. The minimum Gasteiger partial charge on any atom is -0.457 e. The van der Waals surface area contributed by atoms with Crippen LogP contribution in [0.15, 0.2) is 85.1 Å². The molecule has 5 rings (SSSR count). The van der Waals surface area contributed by atoms with Crippen LogP contribution in [-0.4, -0.2) is 41.6 Å². The smallest absolute Gasteiger partial charge is 0.220 e. The Morgan fingerprint density at radius 3 is 2.51 bits per heavy atom. The van der Waals surface area contributed by atoms with Crippen LogP contribution >= 0.6 is 0 Å². The molecule has 0 bridgehead atoms. The van der Waals surface area contributed by atoms with Crippen LogP contribution < -0.4 is 10.1 Å². The molecule has 4 aromatic rings. The van der Waals surface area contributed by atoms with Gasteiger partial charge in [-0.2, -0.15) is 0 Å². The molecule has 0 radical (unpaired) electrons. The number of carbonyl (C=O) groups excluding carboxylic acids is 1. The monoisotopic (exact) mass is 467 g/mol. The molecule has 1 atom stereocenters. The first-order valence-electron chi connectivity index (χ1n) is 12.5. The number of nitrogens with zero attached hydrogens (tertiary/aromatic N) is 2. The summed E-state index contributed by atoms with van der Waals surface area (Å²) < 4.78 is 8.26. The lowest BCUT2D eigenvalue weighted by Gasteiger charge is -2.19. The standard InChI is InChI=1S/C30H33N3O2/c1-32-22-28(26-14-5-6-15-29(26)32)27(21-30(34)31-16-19-33-17-7-8-18-33)23-10-9-13-25(20-23)35-24-11-3-2-4-12-24/h2-6,9-15,20,22,27H,7-8,16-19,21H2,1H3,(H,31,34)/t27-/m0/s1. The Hall–Kier alpha value is -3.57. The molecule has 1 aliphatic heterocycles. The fourth-order valence-corrected chi connectivity index (χ4v) is 5.09. The van der Waals surface area contributed by atoms with Crippen molar-refractivity contribution < 1.29 is 9.53 Å². The van der Waals surface area contributed by atoms with Crippen molar-refractivity contribution in [1.29, 1.82) is 0 Å². The summed E-state index contributed by atoms with van der Waals surface area (Å²) in [5.41, 5.74) is 3.40. The van der Waals surface area contributed by atoms with Gasteiger partial charge in [-0.05, 0) is 67.4 Å². The van der Waals surface area contributed by atoms with Gasteiger partial charge in [0.05, 0.1) is 0 Å². The Morgan fingerprint density at radius 2 is 1.69 bits per heavy atom. The molecule has 0 aliphatic carbocycles. The van der Waals surface area contributed by atoms with Crippen LogP contribution in [0.4, 0.5) is 0 Å². The molecule has 1 saturated heterocycles. The summed E-state index contributed by atoms with van der Waals surface area (Å²) in [5.74, 6) is 1.57. The third kappa shape index (κ3) is 5.57. The van der Waals surface area contributed by atoms with Gasteiger partial charge in [-0.1, -0.05) is 48.5 Å². The van der Waals surface area contributed by atoms with E-state index in [2.05, 4.69) is 64.4 Å². The maximum absolute atomic E-state index is 13.1. The van der Waals surface area contributed by atoms with E-state index in [0.29, 0.717) is 13.0 Å². The number of ether oxygens (including phenoxy) is 1. The average molecular weight is 468 g/mol. The second-order valence-electron chi connectivity index (χ2n) is 9.36. The number of hydrogen-bond donors (Lipinski definition) is 1. The van der Waals surface area contributed by atoms with Gasteiger partial charge >= 0.3 is 0 Å². The zero-order chi connectivity index (χ0) is 24.0. The van der Waals surface area contributed by atoms with Crippen molar-refractivity contribution in [2.75, 3.05) is 26.2 Å². The quantitative estimate of drug-likeness (QED) is 0.343. The highest BCUT2D eigenvalue weighted by molar-refractivity contribution is 5.86. The number of amides is 1. The lowest BCUT2D eigenvalue weighted by atomic mass is 9.88. The fraction of sp³-hybridized carbons (Fsp3) is 0.300. The zero-order valence-electron chi connectivity index (χ0n) is 20.3. The predicted octanol–water partition coefficient (Wildman–Crippen LogP) is 5.70. The first-order valence-corrected chi connectivity index (χ1v) is 12.5. The largest absolute Gasteiger partial charge is 0.457 e. The predicted molar refractivity (Wildman–Crippen MR) is 141 cm³/mol. The lowest BCUT2D eigenvalue weighted by molar-refractivity contribution is -0.121. The summed E-state index contributed by atoms with van der Waals surface area (Å²) in [6, 6.07) is 26.3. The SMILES string of the molecule is Cn1cc([C@@H](CC(=O)NCCN2CCCC2)c2cccc(Oc3ccccc3)c2)c2ccccc21. The van der Waals surface area contributed by atoms with Crippen molar-refractivity contribution >= 4 is 16.8 Å². The number of nitrogens with one attached hydrogen (secondary N) is 1. The van der Waals surface area contributed by atoms with Crippen LogP contribution in [0.2, 0.25) is 0 Å². The van der Waals surface area contributed by atoms with Gasteiger partial charge in [-0.15, -0.1) is 0 Å². The van der Waals surface area contributed by atoms with Crippen LogP contribution in [0.25, 0.3) is 10.9 Å². The summed E-state index contributed by atoms with van der Waals surface area (Å²) in [6.45, 7) is 3.90. The van der Waals surface area contributed by atoms with Crippen molar-refractivity contribution in [2.45, 2.75) is 25.2 Å². The number of hydrogen-bond acceptors (Lipinski definition) is 3. The molecule has 2 heterocycles. The summed E-state index contributed by atoms with van der Waals surface area (Å²) in [6.07, 6.45) is 5.08. The molecule has 1 amide bonds. The number of aryl methyl sites for hydroxylation is 1. The zero-order valence-corrected chi connectivity index (χ0v) is 20.3. The van der Waals surface area contributed by atoms with Crippen molar-refractivity contribution in [2.24, 2.45) is 7.05 Å². The van der Waals surface area contributed by atoms with E-state index < -0.39 is 0 Å². The molecule has 3 aromatic carbocycles. The number of likely N-dealkylation sites (tertiary alicyclic amines) is 1. The first-order chi connectivity index (χ1) is 17.2. The molecule has 1 fully saturated rings. The highest BCUT2D eigenvalue weighted by atomic mass is 16.5. The Labute approximate surface area is 207 Å². The molecular formula is C30H33N3O2. The number of aromatic nitrogens is 1. The lowest BCUT2D eigenvalue weighted by Crippen LogP contribution is -2.34. The Bertz CT molecular complexity index is 1280. The molecule has 5 nitrogen and oxygen atoms in total. The van der Waals surface area contributed by atoms with E-state index in [1.165, 1.54) is 23.7 Å². The van der Waals surface area contributed by atoms with Crippen LogP contribution in [0, 0.1) is 0 Å². The summed E-state index contributed by atoms with van der Waals surface area (Å²) in [7, 11) is 2.06. The Balaban J connectivity index is 1.41. The van der Waals surface area contributed by atoms with Crippen molar-refractivity contribution in [3.63, 3.8) is 0 Å². The maximum Gasteiger partial charge on any atom is 0.220 e. The maximum atomic E-state index is 13.1. The van der Waals surface area contributed by atoms with Gasteiger partial charge in [-0.3, -0.25) is 4.79 Å².